The number of para-hydroxylation sites is 1. The highest BCUT2D eigenvalue weighted by Gasteiger charge is 2.31. The molecule has 0 saturated carbocycles. The van der Waals surface area contributed by atoms with Crippen molar-refractivity contribution in [2.45, 2.75) is 25.8 Å². The number of methoxy groups -OCH3 is 2. The summed E-state index contributed by atoms with van der Waals surface area (Å²) in [5.74, 6) is 1.29. The Morgan fingerprint density at radius 2 is 1.81 bits per heavy atom. The van der Waals surface area contributed by atoms with Crippen molar-refractivity contribution in [1.29, 1.82) is 0 Å². The molecule has 0 radical (unpaired) electrons. The minimum atomic E-state index is -0.657. The topological polar surface area (TPSA) is 63.3 Å². The van der Waals surface area contributed by atoms with Crippen LogP contribution in [0, 0.1) is 0 Å². The summed E-state index contributed by atoms with van der Waals surface area (Å²) in [5, 5.41) is 4.10. The lowest BCUT2D eigenvalue weighted by Crippen LogP contribution is -2.39. The Bertz CT molecular complexity index is 928. The van der Waals surface area contributed by atoms with Gasteiger partial charge in [-0.1, -0.05) is 24.3 Å². The van der Waals surface area contributed by atoms with Crippen molar-refractivity contribution in [3.05, 3.63) is 59.8 Å². The van der Waals surface area contributed by atoms with Crippen molar-refractivity contribution >= 4 is 16.8 Å². The highest BCUT2D eigenvalue weighted by molar-refractivity contribution is 5.94. The fourth-order valence-corrected chi connectivity index (χ4v) is 3.10. The molecule has 0 bridgehead atoms. The fraction of sp³-hybridized carbons (Fsp3) is 0.286. The molecule has 0 atom stereocenters. The van der Waals surface area contributed by atoms with E-state index in [1.165, 1.54) is 0 Å². The summed E-state index contributed by atoms with van der Waals surface area (Å²) in [5.41, 5.74) is 2.31. The average Bonchev–Trinajstić information content (AvgIpc) is 3.10. The van der Waals surface area contributed by atoms with Crippen molar-refractivity contribution in [3.8, 4) is 11.5 Å². The highest BCUT2D eigenvalue weighted by Crippen LogP contribution is 2.31. The second kappa shape index (κ2) is 7.12. The standard InChI is InChI=1S/C21H24N2O3/c1-21(2,16-13-22-17-8-6-5-7-15(16)17)20(24)23-12-14-9-10-18(25-3)19(11-14)26-4/h5-11,13,22H,12H2,1-4H3,(H,23,24). The Morgan fingerprint density at radius 1 is 1.08 bits per heavy atom. The minimum Gasteiger partial charge on any atom is -0.493 e. The molecule has 5 nitrogen and oxygen atoms in total. The van der Waals surface area contributed by atoms with E-state index >= 15 is 0 Å². The molecule has 0 unspecified atom stereocenters. The van der Waals surface area contributed by atoms with Crippen molar-refractivity contribution in [1.82, 2.24) is 10.3 Å². The molecule has 0 aliphatic rings. The van der Waals surface area contributed by atoms with Crippen molar-refractivity contribution < 1.29 is 14.3 Å². The zero-order valence-corrected chi connectivity index (χ0v) is 15.6. The Labute approximate surface area is 153 Å². The van der Waals surface area contributed by atoms with Crippen LogP contribution in [-0.2, 0) is 16.8 Å². The van der Waals surface area contributed by atoms with Gasteiger partial charge in [-0.15, -0.1) is 0 Å². The average molecular weight is 352 g/mol. The summed E-state index contributed by atoms with van der Waals surface area (Å²) in [6.45, 7) is 4.30. The first kappa shape index (κ1) is 17.9. The van der Waals surface area contributed by atoms with E-state index in [1.807, 2.05) is 62.5 Å². The third-order valence-electron chi connectivity index (χ3n) is 4.73. The lowest BCUT2D eigenvalue weighted by Gasteiger charge is -2.23. The van der Waals surface area contributed by atoms with Gasteiger partial charge in [0.2, 0.25) is 5.91 Å². The summed E-state index contributed by atoms with van der Waals surface area (Å²) in [6, 6.07) is 13.6. The van der Waals surface area contributed by atoms with Gasteiger partial charge in [0, 0.05) is 23.6 Å². The van der Waals surface area contributed by atoms with Crippen LogP contribution in [0.15, 0.2) is 48.7 Å². The Hall–Kier alpha value is -2.95. The van der Waals surface area contributed by atoms with Crippen LogP contribution >= 0.6 is 0 Å². The summed E-state index contributed by atoms with van der Waals surface area (Å²) in [6.07, 6.45) is 1.92. The molecule has 2 aromatic carbocycles. The maximum Gasteiger partial charge on any atom is 0.230 e. The van der Waals surface area contributed by atoms with E-state index in [1.54, 1.807) is 14.2 Å². The highest BCUT2D eigenvalue weighted by atomic mass is 16.5. The minimum absolute atomic E-state index is 0.0305. The molecule has 2 N–H and O–H groups in total. The van der Waals surface area contributed by atoms with Crippen LogP contribution in [0.3, 0.4) is 0 Å². The Kier molecular flexibility index (Phi) is 4.89. The molecule has 1 amide bonds. The molecule has 3 rings (SSSR count). The lowest BCUT2D eigenvalue weighted by atomic mass is 9.83. The van der Waals surface area contributed by atoms with Crippen LogP contribution in [-0.4, -0.2) is 25.1 Å². The number of carbonyl (C=O) groups is 1. The van der Waals surface area contributed by atoms with E-state index < -0.39 is 5.41 Å². The number of amides is 1. The second-order valence-electron chi connectivity index (χ2n) is 6.74. The number of aromatic amines is 1. The maximum absolute atomic E-state index is 12.9. The van der Waals surface area contributed by atoms with Gasteiger partial charge < -0.3 is 19.8 Å². The van der Waals surface area contributed by atoms with E-state index in [-0.39, 0.29) is 5.91 Å². The van der Waals surface area contributed by atoms with E-state index in [0.717, 1.165) is 22.0 Å². The normalized spacial score (nSPS) is 11.4. The predicted octanol–water partition coefficient (Wildman–Crippen LogP) is 3.78. The molecule has 136 valence electrons. The molecule has 3 aromatic rings. The maximum atomic E-state index is 12.9. The van der Waals surface area contributed by atoms with E-state index in [9.17, 15) is 4.79 Å². The summed E-state index contributed by atoms with van der Waals surface area (Å²) < 4.78 is 10.6. The number of aromatic nitrogens is 1. The molecule has 26 heavy (non-hydrogen) atoms. The third kappa shape index (κ3) is 3.25. The first-order chi connectivity index (χ1) is 12.5. The summed E-state index contributed by atoms with van der Waals surface area (Å²) in [4.78, 5) is 16.1. The molecule has 0 saturated heterocycles. The molecule has 1 heterocycles. The zero-order chi connectivity index (χ0) is 18.7. The van der Waals surface area contributed by atoms with Crippen molar-refractivity contribution in [2.24, 2.45) is 0 Å². The number of ether oxygens (including phenoxy) is 2. The summed E-state index contributed by atoms with van der Waals surface area (Å²) in [7, 11) is 3.20. The van der Waals surface area contributed by atoms with Gasteiger partial charge in [0.15, 0.2) is 11.5 Å². The number of benzene rings is 2. The van der Waals surface area contributed by atoms with Gasteiger partial charge in [0.1, 0.15) is 0 Å². The Morgan fingerprint density at radius 3 is 2.54 bits per heavy atom. The third-order valence-corrected chi connectivity index (χ3v) is 4.73. The zero-order valence-electron chi connectivity index (χ0n) is 15.6. The monoisotopic (exact) mass is 352 g/mol. The van der Waals surface area contributed by atoms with Gasteiger partial charge in [-0.05, 0) is 43.2 Å². The van der Waals surface area contributed by atoms with Gasteiger partial charge in [0.05, 0.1) is 19.6 Å². The van der Waals surface area contributed by atoms with Gasteiger partial charge in [-0.25, -0.2) is 0 Å². The van der Waals surface area contributed by atoms with E-state index in [4.69, 9.17) is 9.47 Å². The number of rotatable bonds is 6. The first-order valence-electron chi connectivity index (χ1n) is 8.53. The summed E-state index contributed by atoms with van der Waals surface area (Å²) >= 11 is 0. The van der Waals surface area contributed by atoms with Crippen LogP contribution in [0.4, 0.5) is 0 Å². The molecule has 0 aliphatic heterocycles. The van der Waals surface area contributed by atoms with Crippen LogP contribution in [0.5, 0.6) is 11.5 Å². The van der Waals surface area contributed by atoms with Gasteiger partial charge >= 0.3 is 0 Å². The lowest BCUT2D eigenvalue weighted by molar-refractivity contribution is -0.125. The van der Waals surface area contributed by atoms with Crippen LogP contribution in [0.2, 0.25) is 0 Å². The molecular weight excluding hydrogens is 328 g/mol. The van der Waals surface area contributed by atoms with E-state index in [2.05, 4.69) is 10.3 Å². The number of fused-ring (bicyclic) bond motifs is 1. The number of nitrogens with one attached hydrogen (secondary N) is 2. The molecule has 0 spiro atoms. The largest absolute Gasteiger partial charge is 0.493 e. The van der Waals surface area contributed by atoms with E-state index in [0.29, 0.717) is 18.0 Å². The molecule has 1 aromatic heterocycles. The van der Waals surface area contributed by atoms with Crippen molar-refractivity contribution in [2.75, 3.05) is 14.2 Å². The second-order valence-corrected chi connectivity index (χ2v) is 6.74. The predicted molar refractivity (Wildman–Crippen MR) is 103 cm³/mol. The Balaban J connectivity index is 1.77. The molecule has 5 heteroatoms. The molecule has 0 aliphatic carbocycles. The first-order valence-corrected chi connectivity index (χ1v) is 8.53. The molecule has 0 fully saturated rings. The van der Waals surface area contributed by atoms with Crippen LogP contribution in [0.25, 0.3) is 10.9 Å². The molecular formula is C21H24N2O3. The van der Waals surface area contributed by atoms with Crippen molar-refractivity contribution in [3.63, 3.8) is 0 Å². The fourth-order valence-electron chi connectivity index (χ4n) is 3.10. The van der Waals surface area contributed by atoms with Gasteiger partial charge in [-0.2, -0.15) is 0 Å². The van der Waals surface area contributed by atoms with Crippen LogP contribution in [0.1, 0.15) is 25.0 Å². The number of hydrogen-bond acceptors (Lipinski definition) is 3. The smallest absolute Gasteiger partial charge is 0.230 e. The van der Waals surface area contributed by atoms with Gasteiger partial charge in [0.25, 0.3) is 0 Å². The SMILES string of the molecule is COc1ccc(CNC(=O)C(C)(C)c2c[nH]c3ccccc23)cc1OC. The number of H-pyrrole nitrogens is 1. The van der Waals surface area contributed by atoms with Gasteiger partial charge in [-0.3, -0.25) is 4.79 Å². The quantitative estimate of drug-likeness (QED) is 0.710. The van der Waals surface area contributed by atoms with Crippen LogP contribution < -0.4 is 14.8 Å². The number of hydrogen-bond donors (Lipinski definition) is 2. The number of carbonyl (C=O) groups excluding carboxylic acids is 1.